The van der Waals surface area contributed by atoms with Crippen LogP contribution >= 0.6 is 11.6 Å². The van der Waals surface area contributed by atoms with Gasteiger partial charge >= 0.3 is 6.09 Å². The minimum atomic E-state index is -0.455. The van der Waals surface area contributed by atoms with E-state index in [0.717, 1.165) is 18.7 Å². The number of nitrogens with zero attached hydrogens (tertiary/aromatic N) is 2. The molecule has 174 valence electrons. The van der Waals surface area contributed by atoms with Gasteiger partial charge in [0.15, 0.2) is 0 Å². The Labute approximate surface area is 200 Å². The lowest BCUT2D eigenvalue weighted by molar-refractivity contribution is 0.128. The fourth-order valence-corrected chi connectivity index (χ4v) is 4.15. The topological polar surface area (TPSA) is 32.8 Å². The molecule has 4 nitrogen and oxygen atoms in total. The van der Waals surface area contributed by atoms with Gasteiger partial charge in [0, 0.05) is 37.1 Å². The predicted molar refractivity (Wildman–Crippen MR) is 132 cm³/mol. The molecule has 1 saturated heterocycles. The molecule has 3 rings (SSSR count). The maximum atomic E-state index is 13.2. The van der Waals surface area contributed by atoms with Gasteiger partial charge in [-0.1, -0.05) is 60.7 Å². The van der Waals surface area contributed by atoms with Crippen LogP contribution in [0.15, 0.2) is 90.0 Å². The number of likely N-dealkylation sites (tertiary alicyclic amines) is 1. The minimum absolute atomic E-state index is 0.0204. The molecule has 2 aromatic rings. The van der Waals surface area contributed by atoms with Crippen LogP contribution in [0.25, 0.3) is 0 Å². The lowest BCUT2D eigenvalue weighted by Crippen LogP contribution is -2.46. The fraction of sp³-hybridized carbons (Fsp3) is 0.296. The number of hydrogen-bond acceptors (Lipinski definition) is 3. The molecule has 2 unspecified atom stereocenters. The summed E-state index contributed by atoms with van der Waals surface area (Å²) in [6.07, 6.45) is 5.11. The smallest absolute Gasteiger partial charge is 0.410 e. The van der Waals surface area contributed by atoms with Crippen molar-refractivity contribution in [2.24, 2.45) is 5.92 Å². The molecular formula is C27H30ClFN2O2. The van der Waals surface area contributed by atoms with Crippen LogP contribution in [0.1, 0.15) is 19.4 Å². The summed E-state index contributed by atoms with van der Waals surface area (Å²) in [5.41, 5.74) is 2.12. The van der Waals surface area contributed by atoms with Crippen LogP contribution in [0.2, 0.25) is 0 Å². The van der Waals surface area contributed by atoms with Gasteiger partial charge < -0.3 is 9.64 Å². The molecule has 6 heteroatoms. The highest BCUT2D eigenvalue weighted by Crippen LogP contribution is 2.30. The summed E-state index contributed by atoms with van der Waals surface area (Å²) in [4.78, 5) is 17.1. The fourth-order valence-electron chi connectivity index (χ4n) is 4.08. The van der Waals surface area contributed by atoms with Crippen molar-refractivity contribution in [2.45, 2.75) is 26.4 Å². The van der Waals surface area contributed by atoms with Crippen molar-refractivity contribution in [2.75, 3.05) is 19.6 Å². The second kappa shape index (κ2) is 11.8. The van der Waals surface area contributed by atoms with Crippen molar-refractivity contribution in [1.82, 2.24) is 9.80 Å². The van der Waals surface area contributed by atoms with Gasteiger partial charge in [0.2, 0.25) is 0 Å². The van der Waals surface area contributed by atoms with Gasteiger partial charge in [-0.3, -0.25) is 4.90 Å². The van der Waals surface area contributed by atoms with Gasteiger partial charge in [-0.05, 0) is 55.3 Å². The van der Waals surface area contributed by atoms with Crippen LogP contribution < -0.4 is 4.74 Å². The van der Waals surface area contributed by atoms with Crippen molar-refractivity contribution < 1.29 is 13.9 Å². The molecule has 0 bridgehead atoms. The number of ether oxygens (including phenoxy) is 1. The Kier molecular flexibility index (Phi) is 8.87. The molecule has 0 spiro atoms. The largest absolute Gasteiger partial charge is 0.415 e. The highest BCUT2D eigenvalue weighted by molar-refractivity contribution is 6.31. The second-order valence-corrected chi connectivity index (χ2v) is 8.48. The first kappa shape index (κ1) is 24.7. The Hall–Kier alpha value is -2.89. The average Bonchev–Trinajstić information content (AvgIpc) is 3.23. The Morgan fingerprint density at radius 3 is 2.52 bits per heavy atom. The Morgan fingerprint density at radius 1 is 1.18 bits per heavy atom. The first-order chi connectivity index (χ1) is 15.9. The van der Waals surface area contributed by atoms with E-state index in [2.05, 4.69) is 23.6 Å². The molecule has 33 heavy (non-hydrogen) atoms. The van der Waals surface area contributed by atoms with E-state index in [0.29, 0.717) is 23.9 Å². The van der Waals surface area contributed by atoms with Crippen molar-refractivity contribution in [1.29, 1.82) is 0 Å². The van der Waals surface area contributed by atoms with Gasteiger partial charge in [0.05, 0.1) is 6.04 Å². The molecule has 1 fully saturated rings. The van der Waals surface area contributed by atoms with Gasteiger partial charge in [-0.15, -0.1) is 0 Å². The summed E-state index contributed by atoms with van der Waals surface area (Å²) in [6.45, 7) is 10.8. The molecule has 0 radical (unpaired) electrons. The standard InChI is InChI=1S/C27H30ClFN2O2/c1-4-22(28)12-11-20(3)25-18-30(17-21-9-7-6-8-10-21)19-26(25)31(5-2)27(32)33-24-15-13-23(29)14-16-24/h4,6-16,25-26H,3,5,17-19H2,1-2H3. The summed E-state index contributed by atoms with van der Waals surface area (Å²) in [6, 6.07) is 15.6. The first-order valence-electron chi connectivity index (χ1n) is 11.1. The van der Waals surface area contributed by atoms with E-state index >= 15 is 0 Å². The lowest BCUT2D eigenvalue weighted by Gasteiger charge is -2.31. The van der Waals surface area contributed by atoms with E-state index in [9.17, 15) is 9.18 Å². The van der Waals surface area contributed by atoms with Crippen LogP contribution in [0.5, 0.6) is 5.75 Å². The number of amides is 1. The average molecular weight is 469 g/mol. The number of benzene rings is 2. The van der Waals surface area contributed by atoms with E-state index in [1.807, 2.05) is 50.3 Å². The van der Waals surface area contributed by atoms with E-state index in [4.69, 9.17) is 16.3 Å². The maximum Gasteiger partial charge on any atom is 0.415 e. The van der Waals surface area contributed by atoms with E-state index in [1.165, 1.54) is 29.8 Å². The maximum absolute atomic E-state index is 13.2. The zero-order valence-corrected chi connectivity index (χ0v) is 19.8. The van der Waals surface area contributed by atoms with Gasteiger partial charge in [0.25, 0.3) is 0 Å². The van der Waals surface area contributed by atoms with Crippen molar-refractivity contribution in [3.63, 3.8) is 0 Å². The molecule has 1 aliphatic rings. The zero-order valence-electron chi connectivity index (χ0n) is 19.1. The number of carbonyl (C=O) groups excluding carboxylic acids is 1. The van der Waals surface area contributed by atoms with E-state index in [1.54, 1.807) is 4.90 Å². The summed E-state index contributed by atoms with van der Waals surface area (Å²) in [5, 5.41) is 0.634. The van der Waals surface area contributed by atoms with Gasteiger partial charge in [0.1, 0.15) is 11.6 Å². The van der Waals surface area contributed by atoms with Crippen LogP contribution in [0.4, 0.5) is 9.18 Å². The molecule has 1 aliphatic heterocycles. The summed E-state index contributed by atoms with van der Waals surface area (Å²) in [7, 11) is 0. The molecule has 0 N–H and O–H groups in total. The number of allylic oxidation sites excluding steroid dienone is 4. The normalized spacial score (nSPS) is 19.1. The number of likely N-dealkylation sites (N-methyl/N-ethyl adjacent to an activating group) is 1. The van der Waals surface area contributed by atoms with Crippen LogP contribution in [-0.4, -0.2) is 41.6 Å². The SMILES string of the molecule is C=C(C=CC(Cl)=CC)C1CN(Cc2ccccc2)CC1N(CC)C(=O)Oc1ccc(F)cc1. The van der Waals surface area contributed by atoms with Crippen molar-refractivity contribution >= 4 is 17.7 Å². The molecule has 0 saturated carbocycles. The Morgan fingerprint density at radius 2 is 1.88 bits per heavy atom. The Balaban J connectivity index is 1.80. The second-order valence-electron chi connectivity index (χ2n) is 8.04. The number of carbonyl (C=O) groups is 1. The summed E-state index contributed by atoms with van der Waals surface area (Å²) >= 11 is 6.14. The third kappa shape index (κ3) is 6.80. The van der Waals surface area contributed by atoms with E-state index < -0.39 is 6.09 Å². The third-order valence-corrected chi connectivity index (χ3v) is 6.16. The first-order valence-corrected chi connectivity index (χ1v) is 11.5. The summed E-state index contributed by atoms with van der Waals surface area (Å²) < 4.78 is 18.8. The zero-order chi connectivity index (χ0) is 23.8. The number of hydrogen-bond donors (Lipinski definition) is 0. The minimum Gasteiger partial charge on any atom is -0.410 e. The summed E-state index contributed by atoms with van der Waals surface area (Å²) in [5.74, 6) is -0.0430. The van der Waals surface area contributed by atoms with Gasteiger partial charge in [-0.2, -0.15) is 0 Å². The monoisotopic (exact) mass is 468 g/mol. The Bertz CT molecular complexity index is 1000. The lowest BCUT2D eigenvalue weighted by atomic mass is 9.93. The molecule has 1 heterocycles. The highest BCUT2D eigenvalue weighted by atomic mass is 35.5. The third-order valence-electron chi connectivity index (χ3n) is 5.82. The van der Waals surface area contributed by atoms with Crippen LogP contribution in [-0.2, 0) is 6.54 Å². The number of halogens is 2. The number of rotatable bonds is 8. The van der Waals surface area contributed by atoms with E-state index in [-0.39, 0.29) is 17.8 Å². The molecule has 2 atom stereocenters. The van der Waals surface area contributed by atoms with Gasteiger partial charge in [-0.25, -0.2) is 9.18 Å². The molecule has 1 amide bonds. The van der Waals surface area contributed by atoms with Crippen molar-refractivity contribution in [3.8, 4) is 5.75 Å². The molecular weight excluding hydrogens is 439 g/mol. The predicted octanol–water partition coefficient (Wildman–Crippen LogP) is 6.40. The molecule has 0 aromatic heterocycles. The molecule has 2 aromatic carbocycles. The van der Waals surface area contributed by atoms with Crippen LogP contribution in [0.3, 0.4) is 0 Å². The van der Waals surface area contributed by atoms with Crippen LogP contribution in [0, 0.1) is 11.7 Å². The molecule has 0 aliphatic carbocycles. The highest BCUT2D eigenvalue weighted by Gasteiger charge is 2.39. The quantitative estimate of drug-likeness (QED) is 0.420. The van der Waals surface area contributed by atoms with Crippen molar-refractivity contribution in [3.05, 3.63) is 101 Å².